The van der Waals surface area contributed by atoms with Crippen molar-refractivity contribution in [3.8, 4) is 5.75 Å². The summed E-state index contributed by atoms with van der Waals surface area (Å²) >= 11 is 3.51. The Balaban J connectivity index is 2.21. The van der Waals surface area contributed by atoms with Crippen LogP contribution in [0.5, 0.6) is 5.75 Å². The molecule has 1 unspecified atom stereocenters. The van der Waals surface area contributed by atoms with Crippen LogP contribution in [-0.2, 0) is 0 Å². The minimum Gasteiger partial charge on any atom is -0.497 e. The van der Waals surface area contributed by atoms with Crippen LogP contribution in [0.15, 0.2) is 22.7 Å². The Bertz CT molecular complexity index is 370. The predicted octanol–water partition coefficient (Wildman–Crippen LogP) is 2.26. The number of hydrogen-bond donors (Lipinski definition) is 1. The maximum absolute atomic E-state index is 5.28. The van der Waals surface area contributed by atoms with E-state index in [1.165, 1.54) is 5.69 Å². The van der Waals surface area contributed by atoms with Gasteiger partial charge in [0, 0.05) is 41.9 Å². The minimum atomic E-state index is 0.540. The normalized spacial score (nSPS) is 20.9. The molecule has 88 valence electrons. The van der Waals surface area contributed by atoms with Crippen molar-refractivity contribution in [2.45, 2.75) is 13.0 Å². The fraction of sp³-hybridized carbons (Fsp3) is 0.500. The Kier molecular flexibility index (Phi) is 3.71. The molecule has 0 aliphatic carbocycles. The smallest absolute Gasteiger partial charge is 0.122 e. The van der Waals surface area contributed by atoms with E-state index in [4.69, 9.17) is 4.74 Å². The molecule has 1 aromatic rings. The first-order chi connectivity index (χ1) is 7.69. The number of methoxy groups -OCH3 is 1. The molecular weight excluding hydrogens is 268 g/mol. The van der Waals surface area contributed by atoms with Gasteiger partial charge in [0.2, 0.25) is 0 Å². The molecule has 0 aromatic heterocycles. The number of halogens is 1. The third-order valence-electron chi connectivity index (χ3n) is 2.83. The zero-order chi connectivity index (χ0) is 11.5. The summed E-state index contributed by atoms with van der Waals surface area (Å²) in [6, 6.07) is 6.75. The van der Waals surface area contributed by atoms with E-state index in [0.29, 0.717) is 6.04 Å². The van der Waals surface area contributed by atoms with E-state index in [0.717, 1.165) is 29.9 Å². The minimum absolute atomic E-state index is 0.540. The van der Waals surface area contributed by atoms with Gasteiger partial charge in [-0.05, 0) is 19.1 Å². The lowest BCUT2D eigenvalue weighted by atomic mass is 10.2. The zero-order valence-electron chi connectivity index (χ0n) is 9.66. The van der Waals surface area contributed by atoms with Gasteiger partial charge in [0.15, 0.2) is 0 Å². The molecule has 0 bridgehead atoms. The maximum Gasteiger partial charge on any atom is 0.122 e. The lowest BCUT2D eigenvalue weighted by Crippen LogP contribution is -2.49. The molecule has 1 aliphatic heterocycles. The second-order valence-corrected chi connectivity index (χ2v) is 5.07. The van der Waals surface area contributed by atoms with E-state index in [2.05, 4.69) is 45.2 Å². The van der Waals surface area contributed by atoms with E-state index >= 15 is 0 Å². The first-order valence-electron chi connectivity index (χ1n) is 5.52. The van der Waals surface area contributed by atoms with Crippen LogP contribution in [-0.4, -0.2) is 32.8 Å². The van der Waals surface area contributed by atoms with Gasteiger partial charge < -0.3 is 15.0 Å². The van der Waals surface area contributed by atoms with Crippen LogP contribution in [0.4, 0.5) is 5.69 Å². The standard InChI is InChI=1S/C12H17BrN2O/c1-9-8-15(4-3-14-9)11-5-10(13)6-12(7-11)16-2/h5-7,9,14H,3-4,8H2,1-2H3. The van der Waals surface area contributed by atoms with Crippen LogP contribution in [0.25, 0.3) is 0 Å². The summed E-state index contributed by atoms with van der Waals surface area (Å²) in [5, 5.41) is 3.44. The molecule has 1 N–H and O–H groups in total. The van der Waals surface area contributed by atoms with Crippen LogP contribution in [0.2, 0.25) is 0 Å². The maximum atomic E-state index is 5.28. The Hall–Kier alpha value is -0.740. The van der Waals surface area contributed by atoms with E-state index < -0.39 is 0 Å². The Morgan fingerprint density at radius 1 is 1.44 bits per heavy atom. The first-order valence-corrected chi connectivity index (χ1v) is 6.31. The third-order valence-corrected chi connectivity index (χ3v) is 3.28. The number of benzene rings is 1. The van der Waals surface area contributed by atoms with E-state index in [-0.39, 0.29) is 0 Å². The quantitative estimate of drug-likeness (QED) is 0.902. The van der Waals surface area contributed by atoms with Crippen LogP contribution in [0, 0.1) is 0 Å². The molecule has 16 heavy (non-hydrogen) atoms. The molecule has 1 saturated heterocycles. The predicted molar refractivity (Wildman–Crippen MR) is 70.4 cm³/mol. The molecule has 3 nitrogen and oxygen atoms in total. The van der Waals surface area contributed by atoms with Gasteiger partial charge >= 0.3 is 0 Å². The number of anilines is 1. The highest BCUT2D eigenvalue weighted by Crippen LogP contribution is 2.27. The highest BCUT2D eigenvalue weighted by atomic mass is 79.9. The highest BCUT2D eigenvalue weighted by Gasteiger charge is 2.16. The van der Waals surface area contributed by atoms with Crippen molar-refractivity contribution >= 4 is 21.6 Å². The van der Waals surface area contributed by atoms with Crippen LogP contribution >= 0.6 is 15.9 Å². The molecule has 4 heteroatoms. The van der Waals surface area contributed by atoms with Crippen LogP contribution in [0.1, 0.15) is 6.92 Å². The van der Waals surface area contributed by atoms with E-state index in [9.17, 15) is 0 Å². The fourth-order valence-electron chi connectivity index (χ4n) is 2.02. The SMILES string of the molecule is COc1cc(Br)cc(N2CCNC(C)C2)c1. The Labute approximate surface area is 105 Å². The van der Waals surface area contributed by atoms with Crippen molar-refractivity contribution in [2.75, 3.05) is 31.6 Å². The van der Waals surface area contributed by atoms with Gasteiger partial charge in [-0.1, -0.05) is 15.9 Å². The fourth-order valence-corrected chi connectivity index (χ4v) is 2.48. The molecule has 0 amide bonds. The van der Waals surface area contributed by atoms with Gasteiger partial charge in [-0.2, -0.15) is 0 Å². The van der Waals surface area contributed by atoms with Crippen LogP contribution < -0.4 is 15.0 Å². The Morgan fingerprint density at radius 3 is 2.94 bits per heavy atom. The summed E-state index contributed by atoms with van der Waals surface area (Å²) in [6.07, 6.45) is 0. The number of ether oxygens (including phenoxy) is 1. The van der Waals surface area contributed by atoms with Crippen molar-refractivity contribution in [2.24, 2.45) is 0 Å². The highest BCUT2D eigenvalue weighted by molar-refractivity contribution is 9.10. The van der Waals surface area contributed by atoms with Gasteiger partial charge in [0.1, 0.15) is 5.75 Å². The number of piperazine rings is 1. The number of nitrogens with zero attached hydrogens (tertiary/aromatic N) is 1. The van der Waals surface area contributed by atoms with Crippen molar-refractivity contribution in [1.82, 2.24) is 5.32 Å². The second kappa shape index (κ2) is 5.06. The van der Waals surface area contributed by atoms with Gasteiger partial charge in [-0.3, -0.25) is 0 Å². The van der Waals surface area contributed by atoms with Crippen LogP contribution in [0.3, 0.4) is 0 Å². The largest absolute Gasteiger partial charge is 0.497 e. The summed E-state index contributed by atoms with van der Waals surface area (Å²) in [7, 11) is 1.70. The molecule has 1 atom stereocenters. The number of hydrogen-bond acceptors (Lipinski definition) is 3. The van der Waals surface area contributed by atoms with Crippen molar-refractivity contribution in [1.29, 1.82) is 0 Å². The summed E-state index contributed by atoms with van der Waals surface area (Å²) in [4.78, 5) is 2.38. The molecule has 0 spiro atoms. The molecule has 1 heterocycles. The van der Waals surface area contributed by atoms with Gasteiger partial charge in [-0.15, -0.1) is 0 Å². The van der Waals surface area contributed by atoms with Crippen molar-refractivity contribution in [3.05, 3.63) is 22.7 Å². The molecule has 1 aromatic carbocycles. The van der Waals surface area contributed by atoms with E-state index in [1.807, 2.05) is 6.07 Å². The molecule has 1 aliphatic rings. The molecule has 1 fully saturated rings. The third kappa shape index (κ3) is 2.68. The molecule has 0 saturated carbocycles. The Morgan fingerprint density at radius 2 is 2.25 bits per heavy atom. The van der Waals surface area contributed by atoms with Crippen molar-refractivity contribution in [3.63, 3.8) is 0 Å². The van der Waals surface area contributed by atoms with Crippen molar-refractivity contribution < 1.29 is 4.74 Å². The van der Waals surface area contributed by atoms with Gasteiger partial charge in [-0.25, -0.2) is 0 Å². The first kappa shape index (κ1) is 11.7. The summed E-state index contributed by atoms with van der Waals surface area (Å²) in [5.41, 5.74) is 1.22. The molecular formula is C12H17BrN2O. The average molecular weight is 285 g/mol. The van der Waals surface area contributed by atoms with Gasteiger partial charge in [0.25, 0.3) is 0 Å². The monoisotopic (exact) mass is 284 g/mol. The topological polar surface area (TPSA) is 24.5 Å². The molecule has 0 radical (unpaired) electrons. The second-order valence-electron chi connectivity index (χ2n) is 4.15. The summed E-state index contributed by atoms with van der Waals surface area (Å²) in [5.74, 6) is 0.899. The van der Waals surface area contributed by atoms with E-state index in [1.54, 1.807) is 7.11 Å². The average Bonchev–Trinajstić information content (AvgIpc) is 2.28. The zero-order valence-corrected chi connectivity index (χ0v) is 11.3. The number of rotatable bonds is 2. The lowest BCUT2D eigenvalue weighted by molar-refractivity contribution is 0.414. The van der Waals surface area contributed by atoms with Gasteiger partial charge in [0.05, 0.1) is 7.11 Å². The lowest BCUT2D eigenvalue weighted by Gasteiger charge is -2.33. The molecule has 2 rings (SSSR count). The summed E-state index contributed by atoms with van der Waals surface area (Å²) in [6.45, 7) is 5.33. The number of nitrogens with one attached hydrogen (secondary N) is 1. The summed E-state index contributed by atoms with van der Waals surface area (Å²) < 4.78 is 6.34.